The Morgan fingerprint density at radius 3 is 2.12 bits per heavy atom. The molecule has 0 spiro atoms. The molecule has 0 amide bonds. The summed E-state index contributed by atoms with van der Waals surface area (Å²) in [7, 11) is 0. The van der Waals surface area contributed by atoms with Crippen molar-refractivity contribution in [3.63, 3.8) is 0 Å². The second kappa shape index (κ2) is 16.6. The Labute approximate surface area is 259 Å². The Bertz CT molecular complexity index is 881. The maximum atomic E-state index is 4.74. The zero-order valence-electron chi connectivity index (χ0n) is 30.1. The zero-order valence-corrected chi connectivity index (χ0v) is 30.1. The van der Waals surface area contributed by atoms with Crippen LogP contribution in [-0.2, 0) is 0 Å². The molecule has 3 fully saturated rings. The summed E-state index contributed by atoms with van der Waals surface area (Å²) in [6, 6.07) is 0. The minimum atomic E-state index is 0.357. The van der Waals surface area contributed by atoms with Crippen LogP contribution >= 0.6 is 0 Å². The van der Waals surface area contributed by atoms with Crippen LogP contribution in [0.1, 0.15) is 154 Å². The van der Waals surface area contributed by atoms with E-state index in [0.29, 0.717) is 22.2 Å². The van der Waals surface area contributed by atoms with Crippen molar-refractivity contribution >= 4 is 0 Å². The van der Waals surface area contributed by atoms with Gasteiger partial charge in [-0.15, -0.1) is 12.3 Å². The molecule has 4 aliphatic rings. The van der Waals surface area contributed by atoms with Gasteiger partial charge in [-0.25, -0.2) is 0 Å². The summed E-state index contributed by atoms with van der Waals surface area (Å²) >= 11 is 0. The Kier molecular flexibility index (Phi) is 15.3. The van der Waals surface area contributed by atoms with Crippen molar-refractivity contribution in [2.75, 3.05) is 0 Å². The smallest absolute Gasteiger partial charge is 0.00297 e. The van der Waals surface area contributed by atoms with Gasteiger partial charge in [-0.2, -0.15) is 0 Å². The predicted molar refractivity (Wildman–Crippen MR) is 187 cm³/mol. The second-order valence-corrected chi connectivity index (χ2v) is 16.3. The van der Waals surface area contributed by atoms with Crippen molar-refractivity contribution in [2.24, 2.45) is 57.7 Å². The molecule has 0 aromatic heterocycles. The lowest BCUT2D eigenvalue weighted by molar-refractivity contribution is -0.00129. The molecule has 0 aromatic carbocycles. The van der Waals surface area contributed by atoms with E-state index in [9.17, 15) is 0 Å². The molecule has 4 rings (SSSR count). The Hall–Kier alpha value is -1.22. The molecule has 41 heavy (non-hydrogen) atoms. The summed E-state index contributed by atoms with van der Waals surface area (Å²) in [5, 5.41) is 0. The molecule has 236 valence electrons. The van der Waals surface area contributed by atoms with Crippen LogP contribution in [-0.4, -0.2) is 0 Å². The fraction of sp³-hybridized carbons (Fsp3) is 0.805. The fourth-order valence-electron chi connectivity index (χ4n) is 8.09. The summed E-state index contributed by atoms with van der Waals surface area (Å²) < 4.78 is 0. The number of fused-ring (bicyclic) bond motifs is 6. The summed E-state index contributed by atoms with van der Waals surface area (Å²) in [6.45, 7) is 34.4. The van der Waals surface area contributed by atoms with Gasteiger partial charge in [0.25, 0.3) is 0 Å². The van der Waals surface area contributed by atoms with Crippen LogP contribution in [0, 0.1) is 70.0 Å². The Morgan fingerprint density at radius 2 is 1.59 bits per heavy atom. The van der Waals surface area contributed by atoms with Gasteiger partial charge < -0.3 is 0 Å². The van der Waals surface area contributed by atoms with Crippen molar-refractivity contribution in [3.8, 4) is 12.3 Å². The van der Waals surface area contributed by atoms with E-state index in [4.69, 9.17) is 6.58 Å². The molecular weight excluding hydrogens is 492 g/mol. The molecule has 0 N–H and O–H groups in total. The summed E-state index contributed by atoms with van der Waals surface area (Å²) in [4.78, 5) is 0. The molecular formula is C41H72. The van der Waals surface area contributed by atoms with E-state index in [0.717, 1.165) is 35.5 Å². The van der Waals surface area contributed by atoms with E-state index in [1.165, 1.54) is 64.2 Å². The van der Waals surface area contributed by atoms with Gasteiger partial charge in [0.1, 0.15) is 0 Å². The second-order valence-electron chi connectivity index (χ2n) is 16.3. The van der Waals surface area contributed by atoms with E-state index in [1.54, 1.807) is 12.5 Å². The molecule has 2 bridgehead atoms. The molecule has 0 nitrogen and oxygen atoms in total. The van der Waals surface area contributed by atoms with Gasteiger partial charge in [0.2, 0.25) is 0 Å². The highest BCUT2D eigenvalue weighted by atomic mass is 14.6. The van der Waals surface area contributed by atoms with E-state index in [1.807, 2.05) is 5.57 Å². The molecule has 0 aliphatic heterocycles. The average Bonchev–Trinajstić information content (AvgIpc) is 2.93. The molecule has 4 aliphatic carbocycles. The molecule has 0 radical (unpaired) electrons. The van der Waals surface area contributed by atoms with Gasteiger partial charge in [0.05, 0.1) is 0 Å². The first kappa shape index (κ1) is 37.8. The number of terminal acetylenes is 1. The van der Waals surface area contributed by atoms with Crippen LogP contribution in [0.2, 0.25) is 0 Å². The third-order valence-electron chi connectivity index (χ3n) is 11.1. The van der Waals surface area contributed by atoms with Gasteiger partial charge in [-0.05, 0) is 116 Å². The van der Waals surface area contributed by atoms with Gasteiger partial charge in [-0.3, -0.25) is 0 Å². The Balaban J connectivity index is 0.000000735. The standard InChI is InChI=1S/C31H50.C4H10.C3H8.C3H4/c1-21-17-19-30(7)23(3)25(21)15-16-26-27-14-10-13-24(31(27,8)20-18-28(26)30)12-9-11-22(2)29(4,5)6;1-4(2)3;2*1-3-2/h9,11,16,21-22,24-25,27-28H,3,10,12-15,17-20H2,1-2,4-8H3;4H,1-3H3;3H2,1-2H3;1H,2H3/b11-9+;;;. The lowest BCUT2D eigenvalue weighted by Crippen LogP contribution is -2.48. The number of rotatable bonds is 3. The van der Waals surface area contributed by atoms with E-state index in [-0.39, 0.29) is 0 Å². The predicted octanol–water partition coefficient (Wildman–Crippen LogP) is 13.1. The lowest BCUT2D eigenvalue weighted by atomic mass is 9.47. The first-order valence-electron chi connectivity index (χ1n) is 17.5. The van der Waals surface area contributed by atoms with E-state index < -0.39 is 0 Å². The van der Waals surface area contributed by atoms with Gasteiger partial charge in [0, 0.05) is 0 Å². The Morgan fingerprint density at radius 1 is 1.02 bits per heavy atom. The minimum Gasteiger partial charge on any atom is -0.120 e. The number of hydrogen-bond acceptors (Lipinski definition) is 0. The van der Waals surface area contributed by atoms with E-state index >= 15 is 0 Å². The monoisotopic (exact) mass is 565 g/mol. The largest absolute Gasteiger partial charge is 0.120 e. The number of allylic oxidation sites excluding steroid dienone is 5. The normalized spacial score (nSPS) is 35.0. The summed E-state index contributed by atoms with van der Waals surface area (Å²) in [5.41, 5.74) is 4.71. The van der Waals surface area contributed by atoms with Gasteiger partial charge in [0.15, 0.2) is 0 Å². The van der Waals surface area contributed by atoms with Crippen molar-refractivity contribution in [2.45, 2.75) is 154 Å². The molecule has 0 heteroatoms. The SMILES string of the molecule is C#CC.C=C1C2CC=C3C(CCC4(C)C(C/C=C/C(C)C(C)(C)C)CCCC34)C1(C)CCC2C.CC(C)C.CCC. The van der Waals surface area contributed by atoms with Crippen LogP contribution < -0.4 is 0 Å². The quantitative estimate of drug-likeness (QED) is 0.236. The van der Waals surface area contributed by atoms with Crippen LogP contribution in [0.5, 0.6) is 0 Å². The summed E-state index contributed by atoms with van der Waals surface area (Å²) in [6.07, 6.45) is 26.1. The van der Waals surface area contributed by atoms with Crippen molar-refractivity contribution < 1.29 is 0 Å². The average molecular weight is 565 g/mol. The summed E-state index contributed by atoms with van der Waals surface area (Å²) in [5.74, 6) is 7.71. The molecule has 3 saturated carbocycles. The van der Waals surface area contributed by atoms with Crippen LogP contribution in [0.15, 0.2) is 36.0 Å². The zero-order chi connectivity index (χ0) is 31.6. The van der Waals surface area contributed by atoms with Gasteiger partial charge in [-0.1, -0.05) is 132 Å². The van der Waals surface area contributed by atoms with Gasteiger partial charge >= 0.3 is 0 Å². The fourth-order valence-corrected chi connectivity index (χ4v) is 8.09. The van der Waals surface area contributed by atoms with Crippen LogP contribution in [0.4, 0.5) is 0 Å². The van der Waals surface area contributed by atoms with Crippen LogP contribution in [0.25, 0.3) is 0 Å². The van der Waals surface area contributed by atoms with Crippen molar-refractivity contribution in [1.29, 1.82) is 0 Å². The molecule has 8 atom stereocenters. The maximum absolute atomic E-state index is 4.74. The van der Waals surface area contributed by atoms with Crippen molar-refractivity contribution in [3.05, 3.63) is 36.0 Å². The van der Waals surface area contributed by atoms with Crippen LogP contribution in [0.3, 0.4) is 0 Å². The molecule has 0 aromatic rings. The third-order valence-corrected chi connectivity index (χ3v) is 11.1. The molecule has 0 saturated heterocycles. The van der Waals surface area contributed by atoms with E-state index in [2.05, 4.69) is 114 Å². The molecule has 8 unspecified atom stereocenters. The third kappa shape index (κ3) is 9.64. The van der Waals surface area contributed by atoms with Crippen molar-refractivity contribution in [1.82, 2.24) is 0 Å². The first-order valence-corrected chi connectivity index (χ1v) is 17.5. The topological polar surface area (TPSA) is 0 Å². The first-order chi connectivity index (χ1) is 19.0. The minimum absolute atomic E-state index is 0.357. The highest BCUT2D eigenvalue weighted by molar-refractivity contribution is 5.33. The molecule has 0 heterocycles. The number of hydrogen-bond donors (Lipinski definition) is 0. The highest BCUT2D eigenvalue weighted by Crippen LogP contribution is 2.65. The highest BCUT2D eigenvalue weighted by Gasteiger charge is 2.55. The maximum Gasteiger partial charge on any atom is -0.00297 e. The lowest BCUT2D eigenvalue weighted by Gasteiger charge is -2.57.